The second-order valence-electron chi connectivity index (χ2n) is 10.3. The number of carbonyl (C=O) groups excluding carboxylic acids is 2. The summed E-state index contributed by atoms with van der Waals surface area (Å²) in [5.41, 5.74) is 2.26. The predicted molar refractivity (Wildman–Crippen MR) is 120 cm³/mol. The van der Waals surface area contributed by atoms with E-state index >= 15 is 0 Å². The van der Waals surface area contributed by atoms with Crippen LogP contribution in [0.25, 0.3) is 10.9 Å². The molecule has 1 aromatic heterocycles. The number of carbonyl (C=O) groups is 2. The van der Waals surface area contributed by atoms with Gasteiger partial charge in [-0.25, -0.2) is 0 Å². The molecule has 2 saturated heterocycles. The van der Waals surface area contributed by atoms with E-state index in [9.17, 15) is 9.59 Å². The van der Waals surface area contributed by atoms with Gasteiger partial charge in [-0.2, -0.15) is 0 Å². The lowest BCUT2D eigenvalue weighted by Gasteiger charge is -2.63. The van der Waals surface area contributed by atoms with E-state index < -0.39 is 0 Å². The van der Waals surface area contributed by atoms with Gasteiger partial charge in [-0.1, -0.05) is 31.5 Å². The Hall–Kier alpha value is -1.81. The summed E-state index contributed by atoms with van der Waals surface area (Å²) < 4.78 is 0. The second-order valence-corrected chi connectivity index (χ2v) is 10.7. The Morgan fingerprint density at radius 2 is 1.90 bits per heavy atom. The van der Waals surface area contributed by atoms with Crippen molar-refractivity contribution in [2.24, 2.45) is 17.3 Å². The molecular formula is C25H31ClN2O2. The maximum absolute atomic E-state index is 13.5. The van der Waals surface area contributed by atoms with Crippen molar-refractivity contribution in [2.45, 2.75) is 77.3 Å². The maximum atomic E-state index is 13.5. The van der Waals surface area contributed by atoms with Gasteiger partial charge in [0.05, 0.1) is 5.02 Å². The van der Waals surface area contributed by atoms with Gasteiger partial charge in [0.15, 0.2) is 0 Å². The van der Waals surface area contributed by atoms with Gasteiger partial charge in [-0.15, -0.1) is 0 Å². The Morgan fingerprint density at radius 3 is 2.57 bits per heavy atom. The molecule has 160 valence electrons. The number of aromatic nitrogens is 1. The molecule has 4 unspecified atom stereocenters. The lowest BCUT2D eigenvalue weighted by Crippen LogP contribution is -2.65. The van der Waals surface area contributed by atoms with Gasteiger partial charge in [-0.3, -0.25) is 9.59 Å². The van der Waals surface area contributed by atoms with Crippen LogP contribution in [0.3, 0.4) is 0 Å². The number of H-pyrrole nitrogens is 1. The summed E-state index contributed by atoms with van der Waals surface area (Å²) in [5.74, 6) is 1.46. The minimum absolute atomic E-state index is 0.105. The highest BCUT2D eigenvalue weighted by Crippen LogP contribution is 2.59. The number of Topliss-reactive ketones (excluding diaryl/α,β-unsaturated/α-hetero) is 1. The molecule has 2 aliphatic carbocycles. The summed E-state index contributed by atoms with van der Waals surface area (Å²) in [6, 6.07) is 6.50. The van der Waals surface area contributed by atoms with Crippen LogP contribution in [0, 0.1) is 17.3 Å². The van der Waals surface area contributed by atoms with E-state index in [0.29, 0.717) is 30.2 Å². The topological polar surface area (TPSA) is 53.2 Å². The van der Waals surface area contributed by atoms with E-state index in [2.05, 4.69) is 23.7 Å². The van der Waals surface area contributed by atoms with Crippen molar-refractivity contribution in [3.63, 3.8) is 0 Å². The van der Waals surface area contributed by atoms with Crippen LogP contribution in [0.2, 0.25) is 5.02 Å². The van der Waals surface area contributed by atoms with Crippen molar-refractivity contribution in [3.8, 4) is 0 Å². The number of fused-ring (bicyclic) bond motifs is 1. The Kier molecular flexibility index (Phi) is 4.77. The fourth-order valence-corrected chi connectivity index (χ4v) is 7.37. The van der Waals surface area contributed by atoms with Crippen molar-refractivity contribution < 1.29 is 9.59 Å². The second kappa shape index (κ2) is 7.12. The number of benzene rings is 1. The first-order valence-electron chi connectivity index (χ1n) is 11.4. The number of amides is 1. The third-order valence-corrected chi connectivity index (χ3v) is 8.81. The van der Waals surface area contributed by atoms with Crippen molar-refractivity contribution in [2.75, 3.05) is 0 Å². The average molecular weight is 427 g/mol. The van der Waals surface area contributed by atoms with Gasteiger partial charge >= 0.3 is 0 Å². The van der Waals surface area contributed by atoms with Gasteiger partial charge in [0, 0.05) is 41.5 Å². The summed E-state index contributed by atoms with van der Waals surface area (Å²) in [7, 11) is 0. The van der Waals surface area contributed by atoms with Crippen molar-refractivity contribution in [1.82, 2.24) is 9.88 Å². The summed E-state index contributed by atoms with van der Waals surface area (Å²) in [4.78, 5) is 31.2. The molecule has 2 aromatic rings. The Morgan fingerprint density at radius 1 is 1.20 bits per heavy atom. The smallest absolute Gasteiger partial charge is 0.223 e. The minimum atomic E-state index is 0.105. The third kappa shape index (κ3) is 3.02. The minimum Gasteiger partial charge on any atom is -0.361 e. The van der Waals surface area contributed by atoms with Crippen LogP contribution in [0.1, 0.15) is 70.8 Å². The molecule has 2 saturated carbocycles. The van der Waals surface area contributed by atoms with E-state index in [1.165, 1.54) is 6.42 Å². The molecule has 0 spiro atoms. The van der Waals surface area contributed by atoms with Crippen LogP contribution in [-0.4, -0.2) is 33.7 Å². The van der Waals surface area contributed by atoms with Crippen LogP contribution in [-0.2, 0) is 9.59 Å². The molecule has 4 aliphatic rings. The van der Waals surface area contributed by atoms with Gasteiger partial charge in [-0.05, 0) is 74.0 Å². The molecule has 1 aromatic carbocycles. The summed E-state index contributed by atoms with van der Waals surface area (Å²) in [6.45, 7) is 5.98. The number of halogens is 1. The molecule has 4 atom stereocenters. The molecule has 3 heterocycles. The van der Waals surface area contributed by atoms with Gasteiger partial charge in [0.1, 0.15) is 5.78 Å². The first-order valence-corrected chi connectivity index (χ1v) is 11.7. The number of hydrogen-bond acceptors (Lipinski definition) is 2. The number of piperidine rings is 2. The van der Waals surface area contributed by atoms with E-state index in [0.717, 1.165) is 47.2 Å². The van der Waals surface area contributed by atoms with E-state index in [4.69, 9.17) is 11.6 Å². The van der Waals surface area contributed by atoms with Gasteiger partial charge in [0.25, 0.3) is 0 Å². The number of hydrogen-bond donors (Lipinski definition) is 1. The largest absolute Gasteiger partial charge is 0.361 e. The first-order chi connectivity index (χ1) is 14.3. The Balaban J connectivity index is 1.36. The first kappa shape index (κ1) is 20.1. The normalized spacial score (nSPS) is 31.9. The fraction of sp³-hybridized carbons (Fsp3) is 0.600. The van der Waals surface area contributed by atoms with E-state index in [1.807, 2.05) is 24.4 Å². The molecule has 4 fully saturated rings. The lowest BCUT2D eigenvalue weighted by molar-refractivity contribution is -0.166. The van der Waals surface area contributed by atoms with Crippen molar-refractivity contribution in [1.29, 1.82) is 0 Å². The third-order valence-electron chi connectivity index (χ3n) is 8.49. The highest BCUT2D eigenvalue weighted by molar-refractivity contribution is 6.35. The molecule has 4 nitrogen and oxygen atoms in total. The zero-order valence-electron chi connectivity index (χ0n) is 18.1. The van der Waals surface area contributed by atoms with Crippen LogP contribution >= 0.6 is 11.6 Å². The van der Waals surface area contributed by atoms with Crippen LogP contribution < -0.4 is 0 Å². The Bertz CT molecular complexity index is 996. The number of aromatic amines is 1. The highest BCUT2D eigenvalue weighted by atomic mass is 35.5. The summed E-state index contributed by atoms with van der Waals surface area (Å²) in [6.07, 6.45) is 7.91. The molecule has 5 heteroatoms. The van der Waals surface area contributed by atoms with Gasteiger partial charge < -0.3 is 9.88 Å². The molecule has 6 rings (SSSR count). The van der Waals surface area contributed by atoms with Crippen molar-refractivity contribution >= 4 is 34.2 Å². The van der Waals surface area contributed by atoms with Crippen LogP contribution in [0.15, 0.2) is 24.4 Å². The highest BCUT2D eigenvalue weighted by Gasteiger charge is 2.57. The molecule has 4 bridgehead atoms. The number of rotatable bonds is 5. The lowest BCUT2D eigenvalue weighted by atomic mass is 9.51. The Labute approximate surface area is 183 Å². The van der Waals surface area contributed by atoms with Crippen molar-refractivity contribution in [3.05, 3.63) is 35.0 Å². The monoisotopic (exact) mass is 426 g/mol. The van der Waals surface area contributed by atoms with E-state index in [1.54, 1.807) is 6.92 Å². The number of nitrogens with one attached hydrogen (secondary N) is 1. The summed E-state index contributed by atoms with van der Waals surface area (Å²) in [5, 5.41) is 1.77. The zero-order chi connectivity index (χ0) is 21.2. The molecule has 0 radical (unpaired) electrons. The molecule has 30 heavy (non-hydrogen) atoms. The molecular weight excluding hydrogens is 396 g/mol. The molecule has 1 amide bonds. The van der Waals surface area contributed by atoms with E-state index in [-0.39, 0.29) is 23.2 Å². The zero-order valence-corrected chi connectivity index (χ0v) is 18.8. The average Bonchev–Trinajstić information content (AvgIpc) is 3.12. The van der Waals surface area contributed by atoms with Crippen LogP contribution in [0.5, 0.6) is 0 Å². The molecule has 1 N–H and O–H groups in total. The number of ketones is 1. The van der Waals surface area contributed by atoms with Gasteiger partial charge in [0.2, 0.25) is 5.91 Å². The predicted octanol–water partition coefficient (Wildman–Crippen LogP) is 5.70. The quantitative estimate of drug-likeness (QED) is 0.666. The summed E-state index contributed by atoms with van der Waals surface area (Å²) >= 11 is 6.46. The fourth-order valence-electron chi connectivity index (χ4n) is 7.08. The standard InChI is InChI=1S/C25H31ClN2O2/c1-14(20-13-27-22-6-4-5-21(26)24(20)22)7-23(30)28-18-8-17-9-19(28)12-25(10-17,11-18)15(2)16(3)29/h4-6,13-15,17-19,27H,7-12H2,1-3H3. The maximum Gasteiger partial charge on any atom is 0.223 e. The molecule has 2 aliphatic heterocycles. The number of nitrogens with zero attached hydrogens (tertiary/aromatic N) is 1. The SMILES string of the molecule is CC(=O)C(C)C12CC3CC(C1)N(C(=O)CC(C)c1c[nH]c4cccc(Cl)c14)C(C3)C2. The van der Waals surface area contributed by atoms with Crippen LogP contribution in [0.4, 0.5) is 0 Å².